The summed E-state index contributed by atoms with van der Waals surface area (Å²) in [6.45, 7) is 3.79. The van der Waals surface area contributed by atoms with E-state index in [1.54, 1.807) is 11.0 Å². The zero-order valence-corrected chi connectivity index (χ0v) is 17.2. The molecule has 3 rings (SSSR count). The average molecular weight is 413 g/mol. The molecule has 0 aromatic heterocycles. The number of carbonyl (C=O) groups excluding carboxylic acids is 2. The number of para-hydroxylation sites is 1. The van der Waals surface area contributed by atoms with Gasteiger partial charge in [0, 0.05) is 25.3 Å². The Bertz CT molecular complexity index is 874. The highest BCUT2D eigenvalue weighted by Crippen LogP contribution is 2.20. The van der Waals surface area contributed by atoms with Crippen molar-refractivity contribution in [3.63, 3.8) is 0 Å². The van der Waals surface area contributed by atoms with Gasteiger partial charge in [0.2, 0.25) is 0 Å². The number of hydrogen-bond acceptors (Lipinski definition) is 3. The van der Waals surface area contributed by atoms with Gasteiger partial charge in [0.15, 0.2) is 6.61 Å². The second kappa shape index (κ2) is 10.6. The van der Waals surface area contributed by atoms with Crippen molar-refractivity contribution >= 4 is 17.6 Å². The van der Waals surface area contributed by atoms with Crippen molar-refractivity contribution in [1.29, 1.82) is 0 Å². The number of halogens is 1. The Kier molecular flexibility index (Phi) is 7.65. The van der Waals surface area contributed by atoms with Crippen LogP contribution in [-0.4, -0.2) is 43.1 Å². The molecule has 1 aliphatic heterocycles. The molecule has 0 spiro atoms. The molecule has 0 aliphatic carbocycles. The number of piperidine rings is 1. The lowest BCUT2D eigenvalue weighted by Gasteiger charge is -2.32. The number of anilines is 1. The molecule has 1 unspecified atom stereocenters. The van der Waals surface area contributed by atoms with E-state index in [-0.39, 0.29) is 24.5 Å². The number of aryl methyl sites for hydroxylation is 1. The van der Waals surface area contributed by atoms with Crippen molar-refractivity contribution in [3.05, 3.63) is 59.9 Å². The van der Waals surface area contributed by atoms with Gasteiger partial charge in [-0.2, -0.15) is 0 Å². The number of likely N-dealkylation sites (tertiary alicyclic amines) is 1. The Morgan fingerprint density at radius 3 is 2.83 bits per heavy atom. The lowest BCUT2D eigenvalue weighted by molar-refractivity contribution is -0.135. The molecular formula is C23H28FN3O3. The Balaban J connectivity index is 1.44. The van der Waals surface area contributed by atoms with Crippen molar-refractivity contribution in [1.82, 2.24) is 10.2 Å². The highest BCUT2D eigenvalue weighted by atomic mass is 19.1. The molecule has 3 amide bonds. The van der Waals surface area contributed by atoms with Gasteiger partial charge in [0.05, 0.1) is 0 Å². The van der Waals surface area contributed by atoms with Crippen LogP contribution < -0.4 is 15.4 Å². The van der Waals surface area contributed by atoms with Crippen LogP contribution in [-0.2, 0) is 11.2 Å². The molecule has 160 valence electrons. The first-order chi connectivity index (χ1) is 14.5. The molecule has 2 N–H and O–H groups in total. The number of urea groups is 1. The molecule has 1 atom stereocenters. The number of rotatable bonds is 7. The number of nitrogens with one attached hydrogen (secondary N) is 2. The summed E-state index contributed by atoms with van der Waals surface area (Å²) in [7, 11) is 0. The van der Waals surface area contributed by atoms with Gasteiger partial charge in [0.1, 0.15) is 11.6 Å². The van der Waals surface area contributed by atoms with Crippen molar-refractivity contribution in [2.45, 2.75) is 26.2 Å². The van der Waals surface area contributed by atoms with Gasteiger partial charge in [0.25, 0.3) is 5.91 Å². The fourth-order valence-corrected chi connectivity index (χ4v) is 3.60. The zero-order valence-electron chi connectivity index (χ0n) is 17.2. The summed E-state index contributed by atoms with van der Waals surface area (Å²) in [5.41, 5.74) is 1.48. The molecule has 0 bridgehead atoms. The zero-order chi connectivity index (χ0) is 21.3. The van der Waals surface area contributed by atoms with Gasteiger partial charge in [-0.1, -0.05) is 31.2 Å². The molecular weight excluding hydrogens is 385 g/mol. The largest absolute Gasteiger partial charge is 0.483 e. The maximum Gasteiger partial charge on any atom is 0.319 e. The van der Waals surface area contributed by atoms with E-state index in [2.05, 4.69) is 17.6 Å². The average Bonchev–Trinajstić information content (AvgIpc) is 2.76. The second-order valence-electron chi connectivity index (χ2n) is 7.44. The molecule has 0 saturated carbocycles. The Labute approximate surface area is 176 Å². The summed E-state index contributed by atoms with van der Waals surface area (Å²) in [6, 6.07) is 13.1. The number of carbonyl (C=O) groups is 2. The molecule has 7 heteroatoms. The number of ether oxygens (including phenoxy) is 1. The van der Waals surface area contributed by atoms with Crippen molar-refractivity contribution in [2.75, 3.05) is 31.6 Å². The number of nitrogens with zero attached hydrogens (tertiary/aromatic N) is 1. The van der Waals surface area contributed by atoms with Gasteiger partial charge in [-0.15, -0.1) is 0 Å². The van der Waals surface area contributed by atoms with Crippen LogP contribution in [0, 0.1) is 11.7 Å². The first-order valence-electron chi connectivity index (χ1n) is 10.3. The third-order valence-electron chi connectivity index (χ3n) is 5.21. The molecule has 6 nitrogen and oxygen atoms in total. The number of benzene rings is 2. The van der Waals surface area contributed by atoms with Gasteiger partial charge in [-0.3, -0.25) is 4.79 Å². The minimum Gasteiger partial charge on any atom is -0.483 e. The van der Waals surface area contributed by atoms with E-state index < -0.39 is 5.82 Å². The SMILES string of the molecule is CCc1ccccc1OCC(=O)N1CCCC(CNC(=O)Nc2cccc(F)c2)C1. The summed E-state index contributed by atoms with van der Waals surface area (Å²) in [5.74, 6) is 0.467. The van der Waals surface area contributed by atoms with Crippen LogP contribution in [0.4, 0.5) is 14.9 Å². The molecule has 1 fully saturated rings. The Morgan fingerprint density at radius 1 is 1.20 bits per heavy atom. The predicted octanol–water partition coefficient (Wildman–Crippen LogP) is 3.83. The van der Waals surface area contributed by atoms with Gasteiger partial charge >= 0.3 is 6.03 Å². The molecule has 2 aromatic carbocycles. The van der Waals surface area contributed by atoms with Gasteiger partial charge in [-0.25, -0.2) is 9.18 Å². The summed E-state index contributed by atoms with van der Waals surface area (Å²) in [5, 5.41) is 5.43. The standard InChI is InChI=1S/C23H28FN3O3/c1-2-18-8-3-4-11-21(18)30-16-22(28)27-12-6-7-17(15-27)14-25-23(29)26-20-10-5-9-19(24)13-20/h3-5,8-11,13,17H,2,6-7,12,14-16H2,1H3,(H2,25,26,29). The van der Waals surface area contributed by atoms with Crippen LogP contribution in [0.1, 0.15) is 25.3 Å². The number of hydrogen-bond donors (Lipinski definition) is 2. The molecule has 1 saturated heterocycles. The van der Waals surface area contributed by atoms with Crippen molar-refractivity contribution in [2.24, 2.45) is 5.92 Å². The first-order valence-corrected chi connectivity index (χ1v) is 10.3. The van der Waals surface area contributed by atoms with Gasteiger partial charge < -0.3 is 20.3 Å². The topological polar surface area (TPSA) is 70.7 Å². The third kappa shape index (κ3) is 6.20. The molecule has 0 radical (unpaired) electrons. The van der Waals surface area contributed by atoms with E-state index in [0.29, 0.717) is 25.3 Å². The fourth-order valence-electron chi connectivity index (χ4n) is 3.60. The van der Waals surface area contributed by atoms with Crippen LogP contribution >= 0.6 is 0 Å². The second-order valence-corrected chi connectivity index (χ2v) is 7.44. The quantitative estimate of drug-likeness (QED) is 0.725. The maximum atomic E-state index is 13.2. The molecule has 30 heavy (non-hydrogen) atoms. The highest BCUT2D eigenvalue weighted by molar-refractivity contribution is 5.89. The maximum absolute atomic E-state index is 13.2. The van der Waals surface area contributed by atoms with E-state index in [9.17, 15) is 14.0 Å². The monoisotopic (exact) mass is 413 g/mol. The van der Waals surface area contributed by atoms with Crippen molar-refractivity contribution < 1.29 is 18.7 Å². The Morgan fingerprint density at radius 2 is 2.03 bits per heavy atom. The Hall–Kier alpha value is -3.09. The minimum absolute atomic E-state index is 0.0111. The van der Waals surface area contributed by atoms with Crippen LogP contribution in [0.2, 0.25) is 0 Å². The summed E-state index contributed by atoms with van der Waals surface area (Å²) in [4.78, 5) is 26.5. The predicted molar refractivity (Wildman–Crippen MR) is 114 cm³/mol. The lowest BCUT2D eigenvalue weighted by atomic mass is 9.98. The van der Waals surface area contributed by atoms with Crippen LogP contribution in [0.3, 0.4) is 0 Å². The lowest BCUT2D eigenvalue weighted by Crippen LogP contribution is -2.45. The summed E-state index contributed by atoms with van der Waals surface area (Å²) < 4.78 is 19.0. The molecule has 1 heterocycles. The summed E-state index contributed by atoms with van der Waals surface area (Å²) >= 11 is 0. The van der Waals surface area contributed by atoms with Crippen molar-refractivity contribution in [3.8, 4) is 5.75 Å². The molecule has 2 aromatic rings. The van der Waals surface area contributed by atoms with E-state index >= 15 is 0 Å². The number of amides is 3. The highest BCUT2D eigenvalue weighted by Gasteiger charge is 2.24. The summed E-state index contributed by atoms with van der Waals surface area (Å²) in [6.07, 6.45) is 2.66. The van der Waals surface area contributed by atoms with Crippen LogP contribution in [0.25, 0.3) is 0 Å². The van der Waals surface area contributed by atoms with Crippen LogP contribution in [0.5, 0.6) is 5.75 Å². The normalized spacial score (nSPS) is 16.1. The van der Waals surface area contributed by atoms with Crippen LogP contribution in [0.15, 0.2) is 48.5 Å². The minimum atomic E-state index is -0.405. The smallest absolute Gasteiger partial charge is 0.319 e. The first kappa shape index (κ1) is 21.6. The van der Waals surface area contributed by atoms with E-state index in [1.165, 1.54) is 18.2 Å². The fraction of sp³-hybridized carbons (Fsp3) is 0.391. The van der Waals surface area contributed by atoms with Gasteiger partial charge in [-0.05, 0) is 55.0 Å². The van der Waals surface area contributed by atoms with E-state index in [1.807, 2.05) is 24.3 Å². The van der Waals surface area contributed by atoms with E-state index in [4.69, 9.17) is 4.74 Å². The van der Waals surface area contributed by atoms with E-state index in [0.717, 1.165) is 30.6 Å². The third-order valence-corrected chi connectivity index (χ3v) is 5.21. The molecule has 1 aliphatic rings.